The first-order chi connectivity index (χ1) is 14.6. The van der Waals surface area contributed by atoms with Crippen LogP contribution in [0.4, 0.5) is 10.5 Å². The molecule has 1 aliphatic heterocycles. The average Bonchev–Trinajstić information content (AvgIpc) is 3.18. The lowest BCUT2D eigenvalue weighted by Gasteiger charge is -2.22. The van der Waals surface area contributed by atoms with Crippen LogP contribution in [0.5, 0.6) is 0 Å². The van der Waals surface area contributed by atoms with Gasteiger partial charge in [-0.05, 0) is 48.9 Å². The molecular weight excluding hydrogens is 404 g/mol. The molecule has 2 heterocycles. The highest BCUT2D eigenvalue weighted by Crippen LogP contribution is 2.17. The Labute approximate surface area is 179 Å². The number of carbonyl (C=O) groups excluding carboxylic acids is 2. The maximum Gasteiger partial charge on any atom is 0.321 e. The highest BCUT2D eigenvalue weighted by Gasteiger charge is 2.23. The molecule has 3 aromatic rings. The fourth-order valence-corrected chi connectivity index (χ4v) is 3.56. The van der Waals surface area contributed by atoms with Crippen LogP contribution in [0, 0.1) is 0 Å². The molecular formula is C21H21ClN6O2. The SMILES string of the molecule is O=C(Nc1cccc(Cl)c1)N1CCCN(C(=O)c2ccc(-n3cncn3)cc2)CC1. The number of aromatic nitrogens is 3. The quantitative estimate of drug-likeness (QED) is 0.699. The number of rotatable bonds is 3. The van der Waals surface area contributed by atoms with Crippen molar-refractivity contribution in [3.63, 3.8) is 0 Å². The second kappa shape index (κ2) is 8.96. The zero-order chi connectivity index (χ0) is 20.9. The molecule has 0 radical (unpaired) electrons. The Morgan fingerprint density at radius 2 is 1.73 bits per heavy atom. The lowest BCUT2D eigenvalue weighted by Crippen LogP contribution is -2.39. The molecule has 4 rings (SSSR count). The summed E-state index contributed by atoms with van der Waals surface area (Å²) in [5.74, 6) is -0.0442. The first-order valence-corrected chi connectivity index (χ1v) is 10.0. The molecule has 3 amide bonds. The van der Waals surface area contributed by atoms with E-state index in [0.29, 0.717) is 48.9 Å². The number of nitrogens with zero attached hydrogens (tertiary/aromatic N) is 5. The van der Waals surface area contributed by atoms with E-state index in [9.17, 15) is 9.59 Å². The van der Waals surface area contributed by atoms with Crippen LogP contribution in [-0.4, -0.2) is 62.7 Å². The minimum Gasteiger partial charge on any atom is -0.337 e. The van der Waals surface area contributed by atoms with E-state index in [2.05, 4.69) is 15.4 Å². The molecule has 1 N–H and O–H groups in total. The van der Waals surface area contributed by atoms with Crippen LogP contribution < -0.4 is 5.32 Å². The second-order valence-corrected chi connectivity index (χ2v) is 7.40. The van der Waals surface area contributed by atoms with E-state index in [-0.39, 0.29) is 11.9 Å². The Morgan fingerprint density at radius 1 is 0.967 bits per heavy atom. The largest absolute Gasteiger partial charge is 0.337 e. The van der Waals surface area contributed by atoms with Gasteiger partial charge in [-0.25, -0.2) is 14.5 Å². The molecule has 0 spiro atoms. The number of carbonyl (C=O) groups is 2. The van der Waals surface area contributed by atoms with Crippen molar-refractivity contribution in [1.29, 1.82) is 0 Å². The zero-order valence-corrected chi connectivity index (χ0v) is 17.0. The molecule has 0 atom stereocenters. The highest BCUT2D eigenvalue weighted by atomic mass is 35.5. The second-order valence-electron chi connectivity index (χ2n) is 6.96. The third-order valence-electron chi connectivity index (χ3n) is 4.94. The molecule has 2 aromatic carbocycles. The van der Waals surface area contributed by atoms with Crippen LogP contribution in [0.3, 0.4) is 0 Å². The molecule has 1 aliphatic rings. The van der Waals surface area contributed by atoms with Crippen molar-refractivity contribution in [3.8, 4) is 5.69 Å². The summed E-state index contributed by atoms with van der Waals surface area (Å²) >= 11 is 5.97. The van der Waals surface area contributed by atoms with Crippen LogP contribution in [0.25, 0.3) is 5.69 Å². The Hall–Kier alpha value is -3.39. The molecule has 8 nitrogen and oxygen atoms in total. The molecule has 154 valence electrons. The summed E-state index contributed by atoms with van der Waals surface area (Å²) in [5, 5.41) is 7.51. The molecule has 30 heavy (non-hydrogen) atoms. The topological polar surface area (TPSA) is 83.4 Å². The van der Waals surface area contributed by atoms with E-state index in [1.165, 1.54) is 6.33 Å². The molecule has 0 unspecified atom stereocenters. The Kier molecular flexibility index (Phi) is 5.94. The Bertz CT molecular complexity index is 1020. The fourth-order valence-electron chi connectivity index (χ4n) is 3.37. The molecule has 9 heteroatoms. The molecule has 0 saturated carbocycles. The van der Waals surface area contributed by atoms with Gasteiger partial charge in [0.05, 0.1) is 5.69 Å². The molecule has 0 bridgehead atoms. The third-order valence-corrected chi connectivity index (χ3v) is 5.18. The fraction of sp³-hybridized carbons (Fsp3) is 0.238. The van der Waals surface area contributed by atoms with Crippen LogP contribution in [-0.2, 0) is 0 Å². The van der Waals surface area contributed by atoms with Gasteiger partial charge in [0, 0.05) is 42.5 Å². The number of urea groups is 1. The minimum absolute atomic E-state index is 0.0442. The van der Waals surface area contributed by atoms with Crippen molar-refractivity contribution in [2.75, 3.05) is 31.5 Å². The number of benzene rings is 2. The van der Waals surface area contributed by atoms with Gasteiger partial charge in [0.2, 0.25) is 0 Å². The predicted molar refractivity (Wildman–Crippen MR) is 114 cm³/mol. The number of hydrogen-bond donors (Lipinski definition) is 1. The molecule has 1 aromatic heterocycles. The van der Waals surface area contributed by atoms with E-state index >= 15 is 0 Å². The highest BCUT2D eigenvalue weighted by molar-refractivity contribution is 6.30. The summed E-state index contributed by atoms with van der Waals surface area (Å²) in [6.45, 7) is 2.13. The molecule has 1 fully saturated rings. The summed E-state index contributed by atoms with van der Waals surface area (Å²) in [5.41, 5.74) is 2.09. The van der Waals surface area contributed by atoms with Gasteiger partial charge in [0.15, 0.2) is 0 Å². The molecule has 0 aliphatic carbocycles. The number of halogens is 1. The normalized spacial score (nSPS) is 14.3. The van der Waals surface area contributed by atoms with Gasteiger partial charge in [0.1, 0.15) is 12.7 Å². The van der Waals surface area contributed by atoms with Gasteiger partial charge in [0.25, 0.3) is 5.91 Å². The summed E-state index contributed by atoms with van der Waals surface area (Å²) < 4.78 is 1.64. The minimum atomic E-state index is -0.191. The average molecular weight is 425 g/mol. The van der Waals surface area contributed by atoms with Crippen LogP contribution in [0.15, 0.2) is 61.2 Å². The monoisotopic (exact) mass is 424 g/mol. The van der Waals surface area contributed by atoms with Gasteiger partial charge in [-0.2, -0.15) is 5.10 Å². The number of anilines is 1. The predicted octanol–water partition coefficient (Wildman–Crippen LogP) is 3.30. The van der Waals surface area contributed by atoms with Crippen molar-refractivity contribution in [2.24, 2.45) is 0 Å². The standard InChI is InChI=1S/C21H21ClN6O2/c22-17-3-1-4-18(13-17)25-21(30)27-10-2-9-26(11-12-27)20(29)16-5-7-19(8-6-16)28-15-23-14-24-28/h1,3-8,13-15H,2,9-12H2,(H,25,30). The smallest absolute Gasteiger partial charge is 0.321 e. The zero-order valence-electron chi connectivity index (χ0n) is 16.2. The number of hydrogen-bond acceptors (Lipinski definition) is 4. The van der Waals surface area contributed by atoms with Crippen molar-refractivity contribution >= 4 is 29.2 Å². The lowest BCUT2D eigenvalue weighted by molar-refractivity contribution is 0.0762. The Balaban J connectivity index is 1.36. The number of amides is 3. The third kappa shape index (κ3) is 4.60. The van der Waals surface area contributed by atoms with Crippen LogP contribution in [0.1, 0.15) is 16.8 Å². The van der Waals surface area contributed by atoms with Gasteiger partial charge in [-0.3, -0.25) is 4.79 Å². The van der Waals surface area contributed by atoms with Crippen LogP contribution >= 0.6 is 11.6 Å². The van der Waals surface area contributed by atoms with Gasteiger partial charge >= 0.3 is 6.03 Å². The van der Waals surface area contributed by atoms with E-state index in [0.717, 1.165) is 5.69 Å². The summed E-state index contributed by atoms with van der Waals surface area (Å²) in [6.07, 6.45) is 3.78. The number of nitrogens with one attached hydrogen (secondary N) is 1. The first-order valence-electron chi connectivity index (χ1n) is 9.66. The van der Waals surface area contributed by atoms with Crippen molar-refractivity contribution in [3.05, 3.63) is 71.8 Å². The van der Waals surface area contributed by atoms with Crippen LogP contribution in [0.2, 0.25) is 5.02 Å². The van der Waals surface area contributed by atoms with Crippen molar-refractivity contribution < 1.29 is 9.59 Å². The maximum atomic E-state index is 12.9. The van der Waals surface area contributed by atoms with E-state index in [1.54, 1.807) is 57.2 Å². The van der Waals surface area contributed by atoms with Gasteiger partial charge in [-0.15, -0.1) is 0 Å². The summed E-state index contributed by atoms with van der Waals surface area (Å²) in [6, 6.07) is 14.1. The van der Waals surface area contributed by atoms with Crippen molar-refractivity contribution in [2.45, 2.75) is 6.42 Å². The van der Waals surface area contributed by atoms with E-state index in [4.69, 9.17) is 11.6 Å². The summed E-state index contributed by atoms with van der Waals surface area (Å²) in [4.78, 5) is 32.9. The molecule has 1 saturated heterocycles. The van der Waals surface area contributed by atoms with Crippen molar-refractivity contribution in [1.82, 2.24) is 24.6 Å². The van der Waals surface area contributed by atoms with E-state index in [1.807, 2.05) is 12.1 Å². The lowest BCUT2D eigenvalue weighted by atomic mass is 10.1. The van der Waals surface area contributed by atoms with E-state index < -0.39 is 0 Å². The maximum absolute atomic E-state index is 12.9. The van der Waals surface area contributed by atoms with Gasteiger partial charge < -0.3 is 15.1 Å². The first kappa shape index (κ1) is 19.9. The Morgan fingerprint density at radius 3 is 2.47 bits per heavy atom. The van der Waals surface area contributed by atoms with Gasteiger partial charge in [-0.1, -0.05) is 17.7 Å². The summed E-state index contributed by atoms with van der Waals surface area (Å²) in [7, 11) is 0.